The van der Waals surface area contributed by atoms with E-state index in [0.29, 0.717) is 6.61 Å². The molecule has 2 aromatic carbocycles. The van der Waals surface area contributed by atoms with Crippen molar-refractivity contribution in [3.8, 4) is 11.5 Å². The van der Waals surface area contributed by atoms with Crippen LogP contribution >= 0.6 is 8.60 Å². The topological polar surface area (TPSA) is 27.7 Å². The summed E-state index contributed by atoms with van der Waals surface area (Å²) in [5.41, 5.74) is 0. The Morgan fingerprint density at radius 2 is 0.886 bits per heavy atom. The van der Waals surface area contributed by atoms with Crippen LogP contribution in [0.1, 0.15) is 110 Å². The van der Waals surface area contributed by atoms with Crippen LogP contribution in [-0.2, 0) is 4.52 Å². The highest BCUT2D eigenvalue weighted by Crippen LogP contribution is 2.41. The van der Waals surface area contributed by atoms with Crippen molar-refractivity contribution in [2.45, 2.75) is 110 Å². The van der Waals surface area contributed by atoms with Gasteiger partial charge in [-0.05, 0) is 36.6 Å². The Labute approximate surface area is 217 Å². The smallest absolute Gasteiger partial charge is 0.418 e. The Morgan fingerprint density at radius 3 is 1.29 bits per heavy atom. The van der Waals surface area contributed by atoms with Crippen LogP contribution in [0.2, 0.25) is 0 Å². The molecule has 0 atom stereocenters. The second-order valence-electron chi connectivity index (χ2n) is 10.00. The Balaban J connectivity index is 1.43. The number of hydrogen-bond donors (Lipinski definition) is 0. The second-order valence-corrected chi connectivity index (χ2v) is 11.1. The summed E-state index contributed by atoms with van der Waals surface area (Å²) < 4.78 is 17.9. The molecule has 0 N–H and O–H groups in total. The number of rotatable bonds is 22. The number of para-hydroxylation sites is 2. The third kappa shape index (κ3) is 16.7. The van der Waals surface area contributed by atoms with Crippen LogP contribution in [0.25, 0.3) is 0 Å². The van der Waals surface area contributed by atoms with Gasteiger partial charge in [0, 0.05) is 0 Å². The van der Waals surface area contributed by atoms with Gasteiger partial charge in [-0.2, -0.15) is 0 Å². The van der Waals surface area contributed by atoms with Gasteiger partial charge in [-0.15, -0.1) is 0 Å². The van der Waals surface area contributed by atoms with Gasteiger partial charge >= 0.3 is 8.60 Å². The molecule has 0 fully saturated rings. The van der Waals surface area contributed by atoms with Crippen LogP contribution in [0.4, 0.5) is 0 Å². The van der Waals surface area contributed by atoms with Crippen molar-refractivity contribution in [1.29, 1.82) is 0 Å². The van der Waals surface area contributed by atoms with Crippen molar-refractivity contribution in [2.75, 3.05) is 6.61 Å². The normalized spacial score (nSPS) is 11.3. The maximum Gasteiger partial charge on any atom is 0.463 e. The summed E-state index contributed by atoms with van der Waals surface area (Å²) in [5, 5.41) is 0. The molecule has 0 saturated heterocycles. The van der Waals surface area contributed by atoms with E-state index in [9.17, 15) is 0 Å². The van der Waals surface area contributed by atoms with Crippen LogP contribution in [0.3, 0.4) is 0 Å². The van der Waals surface area contributed by atoms with Gasteiger partial charge in [0.2, 0.25) is 0 Å². The molecule has 2 aromatic rings. The lowest BCUT2D eigenvalue weighted by Gasteiger charge is -2.17. The molecule has 0 aromatic heterocycles. The van der Waals surface area contributed by atoms with Gasteiger partial charge in [0.1, 0.15) is 11.5 Å². The Morgan fingerprint density at radius 1 is 0.514 bits per heavy atom. The average Bonchev–Trinajstić information content (AvgIpc) is 2.87. The lowest BCUT2D eigenvalue weighted by molar-refractivity contribution is 0.258. The zero-order chi connectivity index (χ0) is 24.8. The molecule has 0 amide bonds. The van der Waals surface area contributed by atoms with Gasteiger partial charge in [0.15, 0.2) is 0 Å². The van der Waals surface area contributed by atoms with E-state index in [-0.39, 0.29) is 0 Å². The lowest BCUT2D eigenvalue weighted by Crippen LogP contribution is -2.01. The fraction of sp³-hybridized carbons (Fsp3) is 0.613. The van der Waals surface area contributed by atoms with E-state index in [1.54, 1.807) is 0 Å². The molecule has 0 heterocycles. The predicted molar refractivity (Wildman–Crippen MR) is 151 cm³/mol. The fourth-order valence-electron chi connectivity index (χ4n) is 4.12. The maximum atomic E-state index is 5.99. The standard InChI is InChI=1S/C31H49O3P/c1-29(2)23-17-13-11-9-7-5-3-4-6-8-10-12-14-22-28-32-35(33-30-24-18-15-19-25-30)34-31-26-20-16-21-27-31/h15-16,18-21,24-27,29H,3-14,17,22-23,28H2,1-2H3. The highest BCUT2D eigenvalue weighted by atomic mass is 31.2. The molecule has 196 valence electrons. The minimum Gasteiger partial charge on any atom is -0.418 e. The summed E-state index contributed by atoms with van der Waals surface area (Å²) in [5.74, 6) is 2.42. The molecule has 0 aliphatic rings. The molecule has 35 heavy (non-hydrogen) atoms. The first-order chi connectivity index (χ1) is 17.2. The van der Waals surface area contributed by atoms with E-state index in [4.69, 9.17) is 13.6 Å². The van der Waals surface area contributed by atoms with Gasteiger partial charge in [0.25, 0.3) is 0 Å². The van der Waals surface area contributed by atoms with Gasteiger partial charge in [-0.25, -0.2) is 0 Å². The molecule has 0 bridgehead atoms. The van der Waals surface area contributed by atoms with Gasteiger partial charge in [-0.1, -0.05) is 140 Å². The molecular weight excluding hydrogens is 451 g/mol. The van der Waals surface area contributed by atoms with E-state index in [1.165, 1.54) is 89.9 Å². The predicted octanol–water partition coefficient (Wildman–Crippen LogP) is 10.9. The first kappa shape index (κ1) is 29.7. The molecule has 2 rings (SSSR count). The Hall–Kier alpha value is -1.57. The van der Waals surface area contributed by atoms with Crippen LogP contribution in [0.15, 0.2) is 60.7 Å². The molecule has 4 heteroatoms. The van der Waals surface area contributed by atoms with Crippen molar-refractivity contribution in [3.05, 3.63) is 60.7 Å². The van der Waals surface area contributed by atoms with Crippen molar-refractivity contribution >= 4 is 8.60 Å². The summed E-state index contributed by atoms with van der Waals surface area (Å²) in [6.07, 6.45) is 20.5. The van der Waals surface area contributed by atoms with Crippen LogP contribution in [0, 0.1) is 5.92 Å². The second kappa shape index (κ2) is 20.6. The minimum atomic E-state index is -1.46. The maximum absolute atomic E-state index is 5.99. The zero-order valence-corrected chi connectivity index (χ0v) is 23.2. The zero-order valence-electron chi connectivity index (χ0n) is 22.3. The van der Waals surface area contributed by atoms with Gasteiger partial charge < -0.3 is 9.05 Å². The molecule has 0 spiro atoms. The monoisotopic (exact) mass is 500 g/mol. The van der Waals surface area contributed by atoms with E-state index in [2.05, 4.69) is 13.8 Å². The molecule has 3 nitrogen and oxygen atoms in total. The van der Waals surface area contributed by atoms with Gasteiger partial charge in [-0.3, -0.25) is 4.52 Å². The molecule has 0 aliphatic carbocycles. The summed E-state index contributed by atoms with van der Waals surface area (Å²) in [6.45, 7) is 5.33. The van der Waals surface area contributed by atoms with E-state index < -0.39 is 8.60 Å². The quantitative estimate of drug-likeness (QED) is 0.119. The molecule has 0 unspecified atom stereocenters. The van der Waals surface area contributed by atoms with Crippen molar-refractivity contribution in [2.24, 2.45) is 5.92 Å². The Bertz CT molecular complexity index is 666. The molecular formula is C31H49O3P. The summed E-state index contributed by atoms with van der Waals surface area (Å²) in [4.78, 5) is 0. The van der Waals surface area contributed by atoms with Crippen molar-refractivity contribution in [3.63, 3.8) is 0 Å². The highest BCUT2D eigenvalue weighted by Gasteiger charge is 2.16. The lowest BCUT2D eigenvalue weighted by atomic mass is 10.0. The van der Waals surface area contributed by atoms with Crippen LogP contribution in [0.5, 0.6) is 11.5 Å². The van der Waals surface area contributed by atoms with Crippen molar-refractivity contribution < 1.29 is 13.6 Å². The third-order valence-electron chi connectivity index (χ3n) is 6.22. The molecule has 0 saturated carbocycles. The van der Waals surface area contributed by atoms with E-state index in [0.717, 1.165) is 23.8 Å². The van der Waals surface area contributed by atoms with E-state index in [1.807, 2.05) is 60.7 Å². The summed E-state index contributed by atoms with van der Waals surface area (Å²) in [6, 6.07) is 19.5. The molecule has 0 aliphatic heterocycles. The van der Waals surface area contributed by atoms with Crippen LogP contribution in [-0.4, -0.2) is 6.61 Å². The van der Waals surface area contributed by atoms with Crippen molar-refractivity contribution in [1.82, 2.24) is 0 Å². The first-order valence-corrected chi connectivity index (χ1v) is 15.2. The minimum absolute atomic E-state index is 0.669. The summed E-state index contributed by atoms with van der Waals surface area (Å²) >= 11 is 0. The number of unbranched alkanes of at least 4 members (excludes halogenated alkanes) is 13. The number of benzene rings is 2. The fourth-order valence-corrected chi connectivity index (χ4v) is 5.13. The SMILES string of the molecule is CC(C)CCCCCCCCCCCCCCCCOP(Oc1ccccc1)Oc1ccccc1. The van der Waals surface area contributed by atoms with Gasteiger partial charge in [0.05, 0.1) is 6.61 Å². The largest absolute Gasteiger partial charge is 0.463 e. The Kier molecular flexibility index (Phi) is 17.5. The highest BCUT2D eigenvalue weighted by molar-refractivity contribution is 7.42. The average molecular weight is 501 g/mol. The third-order valence-corrected chi connectivity index (χ3v) is 7.33. The van der Waals surface area contributed by atoms with E-state index >= 15 is 0 Å². The molecule has 0 radical (unpaired) electrons. The first-order valence-electron chi connectivity index (χ1n) is 14.1. The summed E-state index contributed by atoms with van der Waals surface area (Å²) in [7, 11) is -1.46. The van der Waals surface area contributed by atoms with Crippen LogP contribution < -0.4 is 9.05 Å². The number of hydrogen-bond acceptors (Lipinski definition) is 3.